The molecule has 0 aliphatic carbocycles. The van der Waals surface area contributed by atoms with Gasteiger partial charge in [0.1, 0.15) is 17.1 Å². The number of carboxylic acid groups (broad SMARTS) is 1. The normalized spacial score (nSPS) is 11.1. The second-order valence-electron chi connectivity index (χ2n) is 4.48. The zero-order chi connectivity index (χ0) is 15.9. The number of benzene rings is 2. The minimum absolute atomic E-state index is 0.00332. The van der Waals surface area contributed by atoms with Gasteiger partial charge in [0, 0.05) is 5.56 Å². The second-order valence-corrected chi connectivity index (χ2v) is 4.48. The Labute approximate surface area is 128 Å². The summed E-state index contributed by atoms with van der Waals surface area (Å²) in [6, 6.07) is 13.7. The summed E-state index contributed by atoms with van der Waals surface area (Å²) in [6.07, 6.45) is 1.16. The maximum absolute atomic E-state index is 11.4. The van der Waals surface area contributed by atoms with Crippen molar-refractivity contribution in [3.05, 3.63) is 65.9 Å². The Kier molecular flexibility index (Phi) is 5.16. The van der Waals surface area contributed by atoms with Gasteiger partial charge in [-0.2, -0.15) is 0 Å². The fourth-order valence-corrected chi connectivity index (χ4v) is 1.96. The zero-order valence-corrected chi connectivity index (χ0v) is 12.0. The molecule has 2 aromatic rings. The number of ether oxygens (including phenoxy) is 2. The molecule has 0 saturated carbocycles. The lowest BCUT2D eigenvalue weighted by Gasteiger charge is -2.12. The predicted molar refractivity (Wildman–Crippen MR) is 81.5 cm³/mol. The van der Waals surface area contributed by atoms with Crippen LogP contribution in [0.1, 0.15) is 11.1 Å². The number of carbonyl (C=O) groups is 1. The van der Waals surface area contributed by atoms with Crippen LogP contribution in [0.4, 0.5) is 0 Å². The van der Waals surface area contributed by atoms with Gasteiger partial charge in [0.25, 0.3) is 0 Å². The highest BCUT2D eigenvalue weighted by Gasteiger charge is 2.16. The maximum Gasteiger partial charge on any atom is 0.339 e. The van der Waals surface area contributed by atoms with Crippen molar-refractivity contribution in [1.82, 2.24) is 0 Å². The molecule has 5 nitrogen and oxygen atoms in total. The molecule has 5 heteroatoms. The number of para-hydroxylation sites is 1. The number of carboxylic acids is 1. The molecule has 0 heterocycles. The molecule has 0 aliphatic rings. The first kappa shape index (κ1) is 15.6. The van der Waals surface area contributed by atoms with Crippen molar-refractivity contribution in [2.45, 2.75) is 6.61 Å². The average Bonchev–Trinajstić information content (AvgIpc) is 2.53. The summed E-state index contributed by atoms with van der Waals surface area (Å²) in [6.45, 7) is -0.0944. The minimum Gasteiger partial charge on any atom is -0.503 e. The van der Waals surface area contributed by atoms with E-state index in [1.807, 2.05) is 0 Å². The van der Waals surface area contributed by atoms with Gasteiger partial charge in [-0.3, -0.25) is 0 Å². The quantitative estimate of drug-likeness (QED) is 0.633. The molecule has 0 atom stereocenters. The SMILES string of the molecule is CO/C=C(/C(=O)O)c1ccccc1Oc1cccc(CO)c1. The van der Waals surface area contributed by atoms with Crippen LogP contribution in [0.3, 0.4) is 0 Å². The van der Waals surface area contributed by atoms with E-state index >= 15 is 0 Å². The van der Waals surface area contributed by atoms with E-state index < -0.39 is 5.97 Å². The second kappa shape index (κ2) is 7.28. The number of aliphatic carboxylic acids is 1. The Morgan fingerprint density at radius 2 is 1.95 bits per heavy atom. The van der Waals surface area contributed by atoms with Crippen molar-refractivity contribution in [3.63, 3.8) is 0 Å². The van der Waals surface area contributed by atoms with Crippen LogP contribution in [0.2, 0.25) is 0 Å². The number of aliphatic hydroxyl groups excluding tert-OH is 1. The van der Waals surface area contributed by atoms with Crippen LogP contribution in [0.15, 0.2) is 54.8 Å². The number of methoxy groups -OCH3 is 1. The first-order chi connectivity index (χ1) is 10.7. The van der Waals surface area contributed by atoms with Gasteiger partial charge in [0.15, 0.2) is 0 Å². The van der Waals surface area contributed by atoms with Gasteiger partial charge in [-0.1, -0.05) is 30.3 Å². The van der Waals surface area contributed by atoms with Crippen LogP contribution in [-0.2, 0) is 16.1 Å². The van der Waals surface area contributed by atoms with Crippen LogP contribution in [-0.4, -0.2) is 23.3 Å². The summed E-state index contributed by atoms with van der Waals surface area (Å²) < 4.78 is 10.6. The third kappa shape index (κ3) is 3.65. The summed E-state index contributed by atoms with van der Waals surface area (Å²) in [5.41, 5.74) is 1.11. The standard InChI is InChI=1S/C17H16O5/c1-21-11-15(17(19)20)14-7-2-3-8-16(14)22-13-6-4-5-12(9-13)10-18/h2-9,11,18H,10H2,1H3,(H,19,20)/b15-11+. The van der Waals surface area contributed by atoms with Crippen molar-refractivity contribution >= 4 is 11.5 Å². The predicted octanol–water partition coefficient (Wildman–Crippen LogP) is 3.04. The van der Waals surface area contributed by atoms with E-state index in [2.05, 4.69) is 0 Å². The van der Waals surface area contributed by atoms with Crippen molar-refractivity contribution in [2.75, 3.05) is 7.11 Å². The van der Waals surface area contributed by atoms with Crippen LogP contribution >= 0.6 is 0 Å². The monoisotopic (exact) mass is 300 g/mol. The van der Waals surface area contributed by atoms with E-state index in [1.165, 1.54) is 7.11 Å². The van der Waals surface area contributed by atoms with Crippen LogP contribution in [0.25, 0.3) is 5.57 Å². The lowest BCUT2D eigenvalue weighted by molar-refractivity contribution is -0.130. The van der Waals surface area contributed by atoms with Gasteiger partial charge in [-0.05, 0) is 23.8 Å². The zero-order valence-electron chi connectivity index (χ0n) is 12.0. The van der Waals surface area contributed by atoms with E-state index in [0.717, 1.165) is 6.26 Å². The molecule has 0 radical (unpaired) electrons. The van der Waals surface area contributed by atoms with Crippen LogP contribution < -0.4 is 4.74 Å². The van der Waals surface area contributed by atoms with Crippen LogP contribution in [0.5, 0.6) is 11.5 Å². The molecule has 2 N–H and O–H groups in total. The van der Waals surface area contributed by atoms with E-state index in [0.29, 0.717) is 22.6 Å². The molecular weight excluding hydrogens is 284 g/mol. The lowest BCUT2D eigenvalue weighted by atomic mass is 10.1. The van der Waals surface area contributed by atoms with E-state index in [-0.39, 0.29) is 12.2 Å². The van der Waals surface area contributed by atoms with Crippen molar-refractivity contribution in [3.8, 4) is 11.5 Å². The summed E-state index contributed by atoms with van der Waals surface area (Å²) in [4.78, 5) is 11.4. The fraction of sp³-hybridized carbons (Fsp3) is 0.118. The van der Waals surface area contributed by atoms with E-state index in [1.54, 1.807) is 48.5 Å². The van der Waals surface area contributed by atoms with E-state index in [9.17, 15) is 9.90 Å². The molecule has 0 bridgehead atoms. The highest BCUT2D eigenvalue weighted by molar-refractivity contribution is 6.15. The van der Waals surface area contributed by atoms with Crippen molar-refractivity contribution in [2.24, 2.45) is 0 Å². The number of aliphatic hydroxyl groups is 1. The van der Waals surface area contributed by atoms with Gasteiger partial charge in [-0.15, -0.1) is 0 Å². The third-order valence-electron chi connectivity index (χ3n) is 2.95. The lowest BCUT2D eigenvalue weighted by Crippen LogP contribution is -2.02. The van der Waals surface area contributed by atoms with Crippen LogP contribution in [0, 0.1) is 0 Å². The first-order valence-corrected chi connectivity index (χ1v) is 6.59. The van der Waals surface area contributed by atoms with Gasteiger partial charge in [-0.25, -0.2) is 4.79 Å². The molecule has 22 heavy (non-hydrogen) atoms. The average molecular weight is 300 g/mol. The summed E-state index contributed by atoms with van der Waals surface area (Å²) >= 11 is 0. The molecule has 114 valence electrons. The number of hydrogen-bond donors (Lipinski definition) is 2. The third-order valence-corrected chi connectivity index (χ3v) is 2.95. The Morgan fingerprint density at radius 3 is 2.64 bits per heavy atom. The highest BCUT2D eigenvalue weighted by Crippen LogP contribution is 2.30. The summed E-state index contributed by atoms with van der Waals surface area (Å²) in [5, 5.41) is 18.4. The smallest absolute Gasteiger partial charge is 0.339 e. The maximum atomic E-state index is 11.4. The number of hydrogen-bond acceptors (Lipinski definition) is 4. The molecular formula is C17H16O5. The number of rotatable bonds is 6. The van der Waals surface area contributed by atoms with Crippen molar-refractivity contribution < 1.29 is 24.5 Å². The summed E-state index contributed by atoms with van der Waals surface area (Å²) in [5.74, 6) is -0.202. The van der Waals surface area contributed by atoms with E-state index in [4.69, 9.17) is 14.6 Å². The molecule has 0 unspecified atom stereocenters. The van der Waals surface area contributed by atoms with Gasteiger partial charge < -0.3 is 19.7 Å². The van der Waals surface area contributed by atoms with Gasteiger partial charge >= 0.3 is 5.97 Å². The topological polar surface area (TPSA) is 76.0 Å². The van der Waals surface area contributed by atoms with Gasteiger partial charge in [0.05, 0.1) is 20.0 Å². The Balaban J connectivity index is 2.39. The molecule has 2 aromatic carbocycles. The highest BCUT2D eigenvalue weighted by atomic mass is 16.5. The van der Waals surface area contributed by atoms with Gasteiger partial charge in [0.2, 0.25) is 0 Å². The summed E-state index contributed by atoms with van der Waals surface area (Å²) in [7, 11) is 1.39. The molecule has 2 rings (SSSR count). The Bertz CT molecular complexity index is 691. The fourth-order valence-electron chi connectivity index (χ4n) is 1.96. The molecule has 0 fully saturated rings. The molecule has 0 amide bonds. The van der Waals surface area contributed by atoms with Crippen molar-refractivity contribution in [1.29, 1.82) is 0 Å². The minimum atomic E-state index is -1.11. The molecule has 0 spiro atoms. The Morgan fingerprint density at radius 1 is 1.18 bits per heavy atom. The molecule has 0 aromatic heterocycles. The Hall–Kier alpha value is -2.79. The first-order valence-electron chi connectivity index (χ1n) is 6.59. The molecule has 0 saturated heterocycles. The molecule has 0 aliphatic heterocycles. The largest absolute Gasteiger partial charge is 0.503 e.